The summed E-state index contributed by atoms with van der Waals surface area (Å²) in [5.41, 5.74) is 8.06. The van der Waals surface area contributed by atoms with Gasteiger partial charge in [0.25, 0.3) is 5.91 Å². The van der Waals surface area contributed by atoms with E-state index in [0.29, 0.717) is 12.2 Å². The van der Waals surface area contributed by atoms with Gasteiger partial charge in [0.1, 0.15) is 0 Å². The van der Waals surface area contributed by atoms with Crippen LogP contribution >= 0.6 is 11.3 Å². The Morgan fingerprint density at radius 1 is 1.26 bits per heavy atom. The number of carbonyl (C=O) groups is 2. The summed E-state index contributed by atoms with van der Waals surface area (Å²) >= 11 is 1.69. The molecule has 8 heteroatoms. The lowest BCUT2D eigenvalue weighted by Gasteiger charge is -2.35. The summed E-state index contributed by atoms with van der Waals surface area (Å²) in [6.45, 7) is 3.50. The first-order chi connectivity index (χ1) is 16.9. The molecule has 2 aliphatic rings. The third kappa shape index (κ3) is 4.56. The second-order valence-electron chi connectivity index (χ2n) is 9.52. The van der Waals surface area contributed by atoms with Gasteiger partial charge in [0, 0.05) is 23.9 Å². The predicted molar refractivity (Wildman–Crippen MR) is 138 cm³/mol. The molecule has 0 radical (unpaired) electrons. The molecule has 2 aliphatic heterocycles. The zero-order valence-electron chi connectivity index (χ0n) is 20.1. The molecule has 182 valence electrons. The summed E-state index contributed by atoms with van der Waals surface area (Å²) in [5, 5.41) is 3.20. The Hall–Kier alpha value is -3.23. The smallest absolute Gasteiger partial charge is 0.254 e. The fourth-order valence-corrected chi connectivity index (χ4v) is 5.90. The highest BCUT2D eigenvalue weighted by Gasteiger charge is 2.38. The van der Waals surface area contributed by atoms with E-state index in [9.17, 15) is 9.59 Å². The highest BCUT2D eigenvalue weighted by atomic mass is 32.1. The van der Waals surface area contributed by atoms with E-state index in [1.54, 1.807) is 18.4 Å². The van der Waals surface area contributed by atoms with E-state index >= 15 is 0 Å². The van der Waals surface area contributed by atoms with E-state index in [1.165, 1.54) is 9.60 Å². The number of hydrogen-bond acceptors (Lipinski definition) is 6. The van der Waals surface area contributed by atoms with Crippen LogP contribution in [-0.2, 0) is 21.6 Å². The van der Waals surface area contributed by atoms with Crippen LogP contribution in [0.1, 0.15) is 47.7 Å². The first-order valence-corrected chi connectivity index (χ1v) is 12.8. The molecule has 1 unspecified atom stereocenters. The van der Waals surface area contributed by atoms with Crippen LogP contribution in [0.25, 0.3) is 10.1 Å². The minimum atomic E-state index is -0.711. The standard InChI is InChI=1S/C27H30N4O3S/c1-27(21-8-9-23-19(14-21)10-12-35-23)15-24(32)31(26(28)29-27)16-18-5-3-6-20(13-18)25(33)30-11-4-7-22(30)17-34-2/h3,5-6,8-10,12-14,22H,4,7,11,15-17H2,1-2H3,(H2,28,29)/t22-,27?/m1/s1. The zero-order valence-corrected chi connectivity index (χ0v) is 20.9. The van der Waals surface area contributed by atoms with E-state index in [2.05, 4.69) is 23.6 Å². The monoisotopic (exact) mass is 490 g/mol. The molecule has 0 spiro atoms. The van der Waals surface area contributed by atoms with Crippen molar-refractivity contribution < 1.29 is 14.3 Å². The van der Waals surface area contributed by atoms with Gasteiger partial charge in [-0.05, 0) is 72.0 Å². The number of nitrogens with two attached hydrogens (primary N) is 1. The van der Waals surface area contributed by atoms with Crippen LogP contribution in [0, 0.1) is 0 Å². The molecule has 1 aromatic heterocycles. The Kier molecular flexibility index (Phi) is 6.34. The third-order valence-corrected chi connectivity index (χ3v) is 7.92. The number of ether oxygens (including phenoxy) is 1. The van der Waals surface area contributed by atoms with E-state index in [0.717, 1.165) is 35.9 Å². The van der Waals surface area contributed by atoms with Gasteiger partial charge in [0.15, 0.2) is 5.96 Å². The number of nitrogens with zero attached hydrogens (tertiary/aromatic N) is 3. The Labute approximate surface area is 209 Å². The molecule has 0 bridgehead atoms. The Morgan fingerprint density at radius 2 is 2.11 bits per heavy atom. The number of carbonyl (C=O) groups excluding carboxylic acids is 2. The zero-order chi connectivity index (χ0) is 24.6. The SMILES string of the molecule is COC[C@H]1CCCN1C(=O)c1cccc(CN2C(=O)CC(C)(c3ccc4sccc4c3)N=C2N)c1. The highest BCUT2D eigenvalue weighted by Crippen LogP contribution is 2.36. The summed E-state index contributed by atoms with van der Waals surface area (Å²) in [4.78, 5) is 34.6. The van der Waals surface area contributed by atoms with Crippen molar-refractivity contribution in [3.63, 3.8) is 0 Å². The number of likely N-dealkylation sites (tertiary alicyclic amines) is 1. The molecule has 1 fully saturated rings. The molecule has 0 saturated carbocycles. The van der Waals surface area contributed by atoms with Gasteiger partial charge < -0.3 is 15.4 Å². The second-order valence-corrected chi connectivity index (χ2v) is 10.5. The van der Waals surface area contributed by atoms with Crippen LogP contribution in [0.15, 0.2) is 58.9 Å². The van der Waals surface area contributed by atoms with Crippen molar-refractivity contribution in [3.05, 3.63) is 70.6 Å². The number of methoxy groups -OCH3 is 1. The van der Waals surface area contributed by atoms with Crippen LogP contribution in [0.2, 0.25) is 0 Å². The Balaban J connectivity index is 1.35. The van der Waals surface area contributed by atoms with Gasteiger partial charge >= 0.3 is 0 Å². The summed E-state index contributed by atoms with van der Waals surface area (Å²) in [6, 6.07) is 15.8. The van der Waals surface area contributed by atoms with Crippen LogP contribution in [0.5, 0.6) is 0 Å². The Morgan fingerprint density at radius 3 is 2.91 bits per heavy atom. The van der Waals surface area contributed by atoms with Gasteiger partial charge in [-0.25, -0.2) is 4.99 Å². The maximum absolute atomic E-state index is 13.2. The lowest BCUT2D eigenvalue weighted by molar-refractivity contribution is -0.130. The van der Waals surface area contributed by atoms with Gasteiger partial charge in [0.2, 0.25) is 5.91 Å². The average Bonchev–Trinajstić information content (AvgIpc) is 3.50. The number of aliphatic imine (C=N–C) groups is 1. The van der Waals surface area contributed by atoms with Gasteiger partial charge in [-0.1, -0.05) is 18.2 Å². The molecule has 3 heterocycles. The minimum Gasteiger partial charge on any atom is -0.383 e. The maximum atomic E-state index is 13.2. The first kappa shape index (κ1) is 23.5. The van der Waals surface area contributed by atoms with Gasteiger partial charge in [-0.3, -0.25) is 14.5 Å². The number of rotatable bonds is 6. The number of thiophene rings is 1. The van der Waals surface area contributed by atoms with Crippen molar-refractivity contribution in [2.75, 3.05) is 20.3 Å². The second kappa shape index (κ2) is 9.43. The van der Waals surface area contributed by atoms with Crippen LogP contribution < -0.4 is 5.73 Å². The molecule has 5 rings (SSSR count). The number of benzene rings is 2. The molecule has 35 heavy (non-hydrogen) atoms. The molecular weight excluding hydrogens is 460 g/mol. The molecule has 3 aromatic rings. The van der Waals surface area contributed by atoms with E-state index in [-0.39, 0.29) is 36.8 Å². The molecule has 2 atom stereocenters. The van der Waals surface area contributed by atoms with Crippen molar-refractivity contribution in [3.8, 4) is 0 Å². The van der Waals surface area contributed by atoms with Crippen molar-refractivity contribution in [1.82, 2.24) is 9.80 Å². The van der Waals surface area contributed by atoms with Crippen molar-refractivity contribution in [2.45, 2.75) is 44.3 Å². The summed E-state index contributed by atoms with van der Waals surface area (Å²) in [6.07, 6.45) is 2.16. The predicted octanol–water partition coefficient (Wildman–Crippen LogP) is 4.11. The quantitative estimate of drug-likeness (QED) is 0.563. The molecule has 0 aliphatic carbocycles. The van der Waals surface area contributed by atoms with Crippen LogP contribution in [0.4, 0.5) is 0 Å². The topological polar surface area (TPSA) is 88.2 Å². The van der Waals surface area contributed by atoms with Gasteiger partial charge in [-0.15, -0.1) is 11.3 Å². The summed E-state index contributed by atoms with van der Waals surface area (Å²) in [7, 11) is 1.66. The van der Waals surface area contributed by atoms with Crippen molar-refractivity contribution in [1.29, 1.82) is 0 Å². The fraction of sp³-hybridized carbons (Fsp3) is 0.370. The molecule has 7 nitrogen and oxygen atoms in total. The number of guanidine groups is 1. The van der Waals surface area contributed by atoms with Crippen LogP contribution in [0.3, 0.4) is 0 Å². The normalized spacial score (nSPS) is 22.6. The molecule has 2 N–H and O–H groups in total. The first-order valence-electron chi connectivity index (χ1n) is 11.9. The maximum Gasteiger partial charge on any atom is 0.254 e. The third-order valence-electron chi connectivity index (χ3n) is 7.02. The average molecular weight is 491 g/mol. The highest BCUT2D eigenvalue weighted by molar-refractivity contribution is 7.17. The largest absolute Gasteiger partial charge is 0.383 e. The minimum absolute atomic E-state index is 0.00518. The van der Waals surface area contributed by atoms with Gasteiger partial charge in [-0.2, -0.15) is 0 Å². The van der Waals surface area contributed by atoms with E-state index in [1.807, 2.05) is 42.2 Å². The molecule has 2 aromatic carbocycles. The lowest BCUT2D eigenvalue weighted by atomic mass is 9.87. The van der Waals surface area contributed by atoms with Gasteiger partial charge in [0.05, 0.1) is 31.2 Å². The van der Waals surface area contributed by atoms with E-state index in [4.69, 9.17) is 15.5 Å². The molecular formula is C27H30N4O3S. The molecule has 1 saturated heterocycles. The molecule has 2 amide bonds. The lowest BCUT2D eigenvalue weighted by Crippen LogP contribution is -2.49. The number of amides is 2. The van der Waals surface area contributed by atoms with Crippen LogP contribution in [-0.4, -0.2) is 53.9 Å². The fourth-order valence-electron chi connectivity index (χ4n) is 5.13. The summed E-state index contributed by atoms with van der Waals surface area (Å²) in [5.74, 6) is 0.113. The number of fused-ring (bicyclic) bond motifs is 1. The van der Waals surface area contributed by atoms with Crippen molar-refractivity contribution >= 4 is 39.2 Å². The Bertz CT molecular complexity index is 1300. The van der Waals surface area contributed by atoms with E-state index < -0.39 is 5.54 Å². The summed E-state index contributed by atoms with van der Waals surface area (Å²) < 4.78 is 6.49. The number of hydrogen-bond donors (Lipinski definition) is 1. The van der Waals surface area contributed by atoms with Crippen molar-refractivity contribution in [2.24, 2.45) is 10.7 Å².